The lowest BCUT2D eigenvalue weighted by Crippen LogP contribution is -2.51. The van der Waals surface area contributed by atoms with Crippen molar-refractivity contribution in [2.24, 2.45) is 0 Å². The highest BCUT2D eigenvalue weighted by Gasteiger charge is 2.30. The van der Waals surface area contributed by atoms with Gasteiger partial charge < -0.3 is 5.32 Å². The van der Waals surface area contributed by atoms with Gasteiger partial charge >= 0.3 is 0 Å². The Morgan fingerprint density at radius 1 is 1.38 bits per heavy atom. The van der Waals surface area contributed by atoms with Crippen molar-refractivity contribution >= 4 is 9.84 Å². The van der Waals surface area contributed by atoms with E-state index in [0.29, 0.717) is 12.6 Å². The lowest BCUT2D eigenvalue weighted by atomic mass is 10.2. The summed E-state index contributed by atoms with van der Waals surface area (Å²) in [4.78, 5) is 2.25. The molecule has 0 bridgehead atoms. The lowest BCUT2D eigenvalue weighted by Gasteiger charge is -2.34. The SMILES string of the molecule is C[C@H]1CNCCN1CCS(=O)(=O)C(C)(C)C. The fourth-order valence-electron chi connectivity index (χ4n) is 1.76. The molecule has 0 amide bonds. The third kappa shape index (κ3) is 3.43. The highest BCUT2D eigenvalue weighted by molar-refractivity contribution is 7.92. The van der Waals surface area contributed by atoms with Crippen LogP contribution in [-0.2, 0) is 9.84 Å². The molecule has 1 fully saturated rings. The summed E-state index contributed by atoms with van der Waals surface area (Å²) in [6, 6.07) is 0.434. The normalized spacial score (nSPS) is 24.6. The Kier molecular flexibility index (Phi) is 4.37. The van der Waals surface area contributed by atoms with Crippen LogP contribution in [0.5, 0.6) is 0 Å². The van der Waals surface area contributed by atoms with Crippen LogP contribution in [0.1, 0.15) is 27.7 Å². The van der Waals surface area contributed by atoms with Crippen molar-refractivity contribution in [3.05, 3.63) is 0 Å². The molecule has 0 spiro atoms. The molecule has 1 aliphatic heterocycles. The van der Waals surface area contributed by atoms with Crippen molar-refractivity contribution in [1.82, 2.24) is 10.2 Å². The molecule has 1 rings (SSSR count). The summed E-state index contributed by atoms with van der Waals surface area (Å²) >= 11 is 0. The molecule has 96 valence electrons. The van der Waals surface area contributed by atoms with Gasteiger partial charge in [0.1, 0.15) is 0 Å². The summed E-state index contributed by atoms with van der Waals surface area (Å²) in [7, 11) is -2.98. The predicted molar refractivity (Wildman–Crippen MR) is 67.4 cm³/mol. The molecule has 0 unspecified atom stereocenters. The van der Waals surface area contributed by atoms with Crippen LogP contribution in [0.4, 0.5) is 0 Å². The van der Waals surface area contributed by atoms with Crippen LogP contribution >= 0.6 is 0 Å². The third-order valence-electron chi connectivity index (χ3n) is 3.22. The standard InChI is InChI=1S/C11H24N2O2S/c1-10-9-12-5-6-13(10)7-8-16(14,15)11(2,3)4/h10,12H,5-9H2,1-4H3/t10-/m0/s1. The number of nitrogens with zero attached hydrogens (tertiary/aromatic N) is 1. The maximum Gasteiger partial charge on any atom is 0.156 e. The zero-order valence-corrected chi connectivity index (χ0v) is 11.6. The third-order valence-corrected chi connectivity index (χ3v) is 5.81. The molecule has 1 heterocycles. The second-order valence-corrected chi connectivity index (χ2v) is 8.38. The summed E-state index contributed by atoms with van der Waals surface area (Å²) in [5, 5.41) is 3.30. The van der Waals surface area contributed by atoms with Gasteiger partial charge in [-0.1, -0.05) is 0 Å². The van der Waals surface area contributed by atoms with Gasteiger partial charge in [-0.25, -0.2) is 8.42 Å². The highest BCUT2D eigenvalue weighted by atomic mass is 32.2. The molecule has 16 heavy (non-hydrogen) atoms. The topological polar surface area (TPSA) is 49.4 Å². The van der Waals surface area contributed by atoms with Crippen LogP contribution in [0.2, 0.25) is 0 Å². The van der Waals surface area contributed by atoms with Crippen LogP contribution in [0.15, 0.2) is 0 Å². The van der Waals surface area contributed by atoms with E-state index in [1.807, 2.05) is 0 Å². The molecule has 0 radical (unpaired) electrons. The maximum atomic E-state index is 12.0. The van der Waals surface area contributed by atoms with Crippen molar-refractivity contribution in [1.29, 1.82) is 0 Å². The molecule has 0 aliphatic carbocycles. The molecule has 4 nitrogen and oxygen atoms in total. The summed E-state index contributed by atoms with van der Waals surface area (Å²) in [6.45, 7) is 10.9. The first-order valence-corrected chi connectivity index (χ1v) is 7.56. The quantitative estimate of drug-likeness (QED) is 0.790. The van der Waals surface area contributed by atoms with Gasteiger partial charge in [-0.05, 0) is 27.7 Å². The minimum Gasteiger partial charge on any atom is -0.314 e. The van der Waals surface area contributed by atoms with Crippen molar-refractivity contribution in [3.8, 4) is 0 Å². The van der Waals surface area contributed by atoms with E-state index in [2.05, 4.69) is 17.1 Å². The Hall–Kier alpha value is -0.130. The van der Waals surface area contributed by atoms with E-state index < -0.39 is 14.6 Å². The largest absolute Gasteiger partial charge is 0.314 e. The molecule has 0 aromatic carbocycles. The monoisotopic (exact) mass is 248 g/mol. The Morgan fingerprint density at radius 2 is 2.00 bits per heavy atom. The Labute approximate surface area is 99.3 Å². The molecule has 0 aromatic rings. The number of piperazine rings is 1. The van der Waals surface area contributed by atoms with Gasteiger partial charge in [0.2, 0.25) is 0 Å². The van der Waals surface area contributed by atoms with Gasteiger partial charge in [-0.2, -0.15) is 0 Å². The van der Waals surface area contributed by atoms with E-state index in [9.17, 15) is 8.42 Å². The maximum absolute atomic E-state index is 12.0. The fourth-order valence-corrected chi connectivity index (χ4v) is 2.85. The van der Waals surface area contributed by atoms with Crippen LogP contribution in [-0.4, -0.2) is 56.0 Å². The molecular formula is C11H24N2O2S. The molecular weight excluding hydrogens is 224 g/mol. The highest BCUT2D eigenvalue weighted by Crippen LogP contribution is 2.16. The van der Waals surface area contributed by atoms with Gasteiger partial charge in [-0.3, -0.25) is 4.90 Å². The molecule has 1 aliphatic rings. The zero-order valence-electron chi connectivity index (χ0n) is 10.8. The first kappa shape index (κ1) is 13.9. The summed E-state index contributed by atoms with van der Waals surface area (Å²) in [5.41, 5.74) is 0. The summed E-state index contributed by atoms with van der Waals surface area (Å²) in [6.07, 6.45) is 0. The Balaban J connectivity index is 2.51. The number of rotatable bonds is 3. The van der Waals surface area contributed by atoms with E-state index >= 15 is 0 Å². The van der Waals surface area contributed by atoms with E-state index in [4.69, 9.17) is 0 Å². The van der Waals surface area contributed by atoms with Crippen LogP contribution < -0.4 is 5.32 Å². The minimum absolute atomic E-state index is 0.265. The Morgan fingerprint density at radius 3 is 2.50 bits per heavy atom. The second-order valence-electron chi connectivity index (χ2n) is 5.52. The van der Waals surface area contributed by atoms with Gasteiger partial charge in [0, 0.05) is 32.2 Å². The average Bonchev–Trinajstić information content (AvgIpc) is 2.15. The van der Waals surface area contributed by atoms with Crippen molar-refractivity contribution in [2.45, 2.75) is 38.5 Å². The summed E-state index contributed by atoms with van der Waals surface area (Å²) < 4.78 is 23.3. The molecule has 1 N–H and O–H groups in total. The first-order valence-electron chi connectivity index (χ1n) is 5.91. The van der Waals surface area contributed by atoms with Crippen LogP contribution in [0, 0.1) is 0 Å². The van der Waals surface area contributed by atoms with Gasteiger partial charge in [0.05, 0.1) is 10.5 Å². The number of hydrogen-bond acceptors (Lipinski definition) is 4. The molecule has 1 saturated heterocycles. The summed E-state index contributed by atoms with van der Waals surface area (Å²) in [5.74, 6) is 0.265. The van der Waals surface area contributed by atoms with Crippen molar-refractivity contribution < 1.29 is 8.42 Å². The molecule has 0 aromatic heterocycles. The number of nitrogens with one attached hydrogen (secondary N) is 1. The van der Waals surface area contributed by atoms with Crippen LogP contribution in [0.25, 0.3) is 0 Å². The van der Waals surface area contributed by atoms with Gasteiger partial charge in [0.25, 0.3) is 0 Å². The smallest absolute Gasteiger partial charge is 0.156 e. The molecule has 5 heteroatoms. The number of hydrogen-bond donors (Lipinski definition) is 1. The van der Waals surface area contributed by atoms with E-state index in [1.165, 1.54) is 0 Å². The zero-order chi connectivity index (χ0) is 12.4. The molecule has 1 atom stereocenters. The second kappa shape index (κ2) is 5.02. The first-order chi connectivity index (χ1) is 7.24. The van der Waals surface area contributed by atoms with Crippen molar-refractivity contribution in [3.63, 3.8) is 0 Å². The van der Waals surface area contributed by atoms with Gasteiger partial charge in [-0.15, -0.1) is 0 Å². The van der Waals surface area contributed by atoms with E-state index in [1.54, 1.807) is 20.8 Å². The average molecular weight is 248 g/mol. The van der Waals surface area contributed by atoms with Gasteiger partial charge in [0.15, 0.2) is 9.84 Å². The van der Waals surface area contributed by atoms with Crippen LogP contribution in [0.3, 0.4) is 0 Å². The predicted octanol–water partition coefficient (Wildman–Crippen LogP) is 0.493. The Bertz CT molecular complexity index is 319. The lowest BCUT2D eigenvalue weighted by molar-refractivity contribution is 0.183. The van der Waals surface area contributed by atoms with Crippen molar-refractivity contribution in [2.75, 3.05) is 31.9 Å². The minimum atomic E-state index is -2.98. The molecule has 0 saturated carbocycles. The van der Waals surface area contributed by atoms with E-state index in [0.717, 1.165) is 19.6 Å². The number of sulfone groups is 1. The van der Waals surface area contributed by atoms with E-state index in [-0.39, 0.29) is 5.75 Å². The fraction of sp³-hybridized carbons (Fsp3) is 1.00.